The fourth-order valence-corrected chi connectivity index (χ4v) is 0.679. The molecule has 16 heavy (non-hydrogen) atoms. The van der Waals surface area contributed by atoms with Crippen LogP contribution >= 0.6 is 0 Å². The van der Waals surface area contributed by atoms with E-state index in [2.05, 4.69) is 0 Å². The van der Waals surface area contributed by atoms with E-state index in [0.717, 1.165) is 7.05 Å². The second-order valence-electron chi connectivity index (χ2n) is 2.74. The Morgan fingerprint density at radius 2 is 1.94 bits per heavy atom. The van der Waals surface area contributed by atoms with Crippen LogP contribution in [0.5, 0.6) is 0 Å². The number of hydrogen-bond donors (Lipinski definition) is 2. The number of carboxylic acid groups (broad SMARTS) is 1. The van der Waals surface area contributed by atoms with Crippen LogP contribution in [0.1, 0.15) is 0 Å². The summed E-state index contributed by atoms with van der Waals surface area (Å²) in [6.07, 6.45) is -1.58. The Balaban J connectivity index is 4.14. The van der Waals surface area contributed by atoms with E-state index in [9.17, 15) is 23.2 Å². The summed E-state index contributed by atoms with van der Waals surface area (Å²) in [5.74, 6) is -2.35. The van der Waals surface area contributed by atoms with Gasteiger partial charge in [-0.15, -0.1) is 0 Å². The van der Waals surface area contributed by atoms with Gasteiger partial charge in [0.1, 0.15) is 0 Å². The molecule has 0 aliphatic heterocycles. The molecule has 0 saturated carbocycles. The highest BCUT2D eigenvalue weighted by molar-refractivity contribution is 6.02. The van der Waals surface area contributed by atoms with E-state index in [1.165, 1.54) is 0 Å². The Bertz CT molecular complexity index is 317. The summed E-state index contributed by atoms with van der Waals surface area (Å²) in [5, 5.41) is 9.87. The van der Waals surface area contributed by atoms with E-state index in [4.69, 9.17) is 5.11 Å². The topological polar surface area (TPSA) is 86.7 Å². The summed E-state index contributed by atoms with van der Waals surface area (Å²) in [6, 6.07) is -1.03. The maximum absolute atomic E-state index is 11.8. The van der Waals surface area contributed by atoms with Gasteiger partial charge in [0.15, 0.2) is 0 Å². The molecular weight excluding hydrogens is 226 g/mol. The number of nitrogens with one attached hydrogen (secondary N) is 1. The summed E-state index contributed by atoms with van der Waals surface area (Å²) in [4.78, 5) is 32.5. The van der Waals surface area contributed by atoms with Crippen molar-refractivity contribution in [2.45, 2.75) is 6.43 Å². The minimum Gasteiger partial charge on any atom is -0.478 e. The largest absolute Gasteiger partial charge is 0.478 e. The SMILES string of the molecule is CN(CC(F)F)C(=O)NC(=O)/C=C/C(=O)O. The maximum Gasteiger partial charge on any atom is 0.328 e. The summed E-state index contributed by atoms with van der Waals surface area (Å²) < 4.78 is 23.7. The molecule has 0 aromatic heterocycles. The number of carboxylic acids is 1. The predicted molar refractivity (Wildman–Crippen MR) is 48.9 cm³/mol. The standard InChI is InChI=1S/C8H10F2N2O4/c1-12(4-5(9)10)8(16)11-6(13)2-3-7(14)15/h2-3,5H,4H2,1H3,(H,14,15)(H,11,13,16)/b3-2+. The third-order valence-electron chi connectivity index (χ3n) is 1.37. The van der Waals surface area contributed by atoms with Gasteiger partial charge < -0.3 is 10.0 Å². The molecule has 8 heteroatoms. The summed E-state index contributed by atoms with van der Waals surface area (Å²) >= 11 is 0. The Hall–Kier alpha value is -1.99. The highest BCUT2D eigenvalue weighted by atomic mass is 19.3. The minimum absolute atomic E-state index is 0.524. The van der Waals surface area contributed by atoms with E-state index in [-0.39, 0.29) is 0 Å². The van der Waals surface area contributed by atoms with E-state index in [0.29, 0.717) is 17.1 Å². The first-order valence-electron chi connectivity index (χ1n) is 4.08. The minimum atomic E-state index is -2.71. The van der Waals surface area contributed by atoms with Gasteiger partial charge in [0, 0.05) is 19.2 Å². The number of aliphatic carboxylic acids is 1. The van der Waals surface area contributed by atoms with Crippen molar-refractivity contribution in [1.29, 1.82) is 0 Å². The number of imide groups is 1. The predicted octanol–water partition coefficient (Wildman–Crippen LogP) is 0.0603. The first-order chi connectivity index (χ1) is 7.32. The molecule has 0 radical (unpaired) electrons. The number of urea groups is 1. The number of rotatable bonds is 4. The van der Waals surface area contributed by atoms with Crippen LogP contribution in [0, 0.1) is 0 Å². The van der Waals surface area contributed by atoms with Crippen LogP contribution in [0.4, 0.5) is 13.6 Å². The molecule has 0 saturated heterocycles. The molecule has 0 fully saturated rings. The third-order valence-corrected chi connectivity index (χ3v) is 1.37. The highest BCUT2D eigenvalue weighted by Crippen LogP contribution is 1.95. The molecular formula is C8H10F2N2O4. The molecule has 0 unspecified atom stereocenters. The fourth-order valence-electron chi connectivity index (χ4n) is 0.679. The second kappa shape index (κ2) is 6.49. The van der Waals surface area contributed by atoms with Crippen LogP contribution in [0.25, 0.3) is 0 Å². The van der Waals surface area contributed by atoms with Gasteiger partial charge >= 0.3 is 12.0 Å². The van der Waals surface area contributed by atoms with Gasteiger partial charge in [-0.3, -0.25) is 10.1 Å². The van der Waals surface area contributed by atoms with Crippen molar-refractivity contribution >= 4 is 17.9 Å². The van der Waals surface area contributed by atoms with Gasteiger partial charge in [-0.25, -0.2) is 18.4 Å². The lowest BCUT2D eigenvalue weighted by atomic mass is 10.4. The zero-order chi connectivity index (χ0) is 12.7. The molecule has 0 rings (SSSR count). The van der Waals surface area contributed by atoms with Crippen molar-refractivity contribution in [1.82, 2.24) is 10.2 Å². The average Bonchev–Trinajstić information content (AvgIpc) is 2.13. The Kier molecular flexibility index (Phi) is 5.68. The second-order valence-corrected chi connectivity index (χ2v) is 2.74. The Morgan fingerprint density at radius 1 is 1.38 bits per heavy atom. The normalized spacial score (nSPS) is 10.5. The van der Waals surface area contributed by atoms with Crippen LogP contribution < -0.4 is 5.32 Å². The van der Waals surface area contributed by atoms with Crippen molar-refractivity contribution < 1.29 is 28.3 Å². The molecule has 0 heterocycles. The molecule has 90 valence electrons. The summed E-state index contributed by atoms with van der Waals surface area (Å²) in [7, 11) is 1.08. The average molecular weight is 236 g/mol. The van der Waals surface area contributed by atoms with Crippen LogP contribution in [0.3, 0.4) is 0 Å². The van der Waals surface area contributed by atoms with Gasteiger partial charge in [0.25, 0.3) is 12.3 Å². The van der Waals surface area contributed by atoms with E-state index in [1.807, 2.05) is 0 Å². The van der Waals surface area contributed by atoms with Gasteiger partial charge in [-0.1, -0.05) is 0 Å². The van der Waals surface area contributed by atoms with Crippen molar-refractivity contribution in [2.75, 3.05) is 13.6 Å². The lowest BCUT2D eigenvalue weighted by Crippen LogP contribution is -2.42. The Morgan fingerprint density at radius 3 is 2.38 bits per heavy atom. The molecule has 3 amide bonds. The molecule has 0 aromatic rings. The zero-order valence-electron chi connectivity index (χ0n) is 8.31. The van der Waals surface area contributed by atoms with E-state index >= 15 is 0 Å². The lowest BCUT2D eigenvalue weighted by Gasteiger charge is -2.15. The molecule has 0 aliphatic rings. The third kappa shape index (κ3) is 6.46. The number of halogens is 2. The molecule has 0 aliphatic carbocycles. The van der Waals surface area contributed by atoms with Gasteiger partial charge in [0.05, 0.1) is 6.54 Å². The monoisotopic (exact) mass is 236 g/mol. The first kappa shape index (κ1) is 14.0. The lowest BCUT2D eigenvalue weighted by molar-refractivity contribution is -0.131. The number of amides is 3. The van der Waals surface area contributed by atoms with Gasteiger partial charge in [0.2, 0.25) is 0 Å². The number of hydrogen-bond acceptors (Lipinski definition) is 3. The van der Waals surface area contributed by atoms with Crippen LogP contribution in [-0.4, -0.2) is 47.9 Å². The molecule has 0 atom stereocenters. The molecule has 0 bridgehead atoms. The van der Waals surface area contributed by atoms with Gasteiger partial charge in [-0.05, 0) is 0 Å². The number of carbonyl (C=O) groups excluding carboxylic acids is 2. The number of alkyl halides is 2. The zero-order valence-corrected chi connectivity index (χ0v) is 8.31. The smallest absolute Gasteiger partial charge is 0.328 e. The van der Waals surface area contributed by atoms with E-state index < -0.39 is 30.9 Å². The Labute approximate surface area is 89.5 Å². The van der Waals surface area contributed by atoms with E-state index in [1.54, 1.807) is 5.32 Å². The highest BCUT2D eigenvalue weighted by Gasteiger charge is 2.15. The summed E-state index contributed by atoms with van der Waals surface area (Å²) in [6.45, 7) is -0.818. The number of carbonyl (C=O) groups is 3. The van der Waals surface area contributed by atoms with Crippen LogP contribution in [-0.2, 0) is 9.59 Å². The van der Waals surface area contributed by atoms with Crippen molar-refractivity contribution in [3.05, 3.63) is 12.2 Å². The fraction of sp³-hybridized carbons (Fsp3) is 0.375. The van der Waals surface area contributed by atoms with Crippen molar-refractivity contribution in [3.8, 4) is 0 Å². The molecule has 2 N–H and O–H groups in total. The maximum atomic E-state index is 11.8. The summed E-state index contributed by atoms with van der Waals surface area (Å²) in [5.41, 5.74) is 0. The molecule has 6 nitrogen and oxygen atoms in total. The first-order valence-corrected chi connectivity index (χ1v) is 4.08. The van der Waals surface area contributed by atoms with Crippen molar-refractivity contribution in [2.24, 2.45) is 0 Å². The quantitative estimate of drug-likeness (QED) is 0.676. The van der Waals surface area contributed by atoms with Crippen LogP contribution in [0.2, 0.25) is 0 Å². The molecule has 0 aromatic carbocycles. The van der Waals surface area contributed by atoms with Crippen LogP contribution in [0.15, 0.2) is 12.2 Å². The van der Waals surface area contributed by atoms with Crippen molar-refractivity contribution in [3.63, 3.8) is 0 Å². The van der Waals surface area contributed by atoms with Gasteiger partial charge in [-0.2, -0.15) is 0 Å². The number of nitrogens with zero attached hydrogens (tertiary/aromatic N) is 1. The molecule has 0 spiro atoms.